The summed E-state index contributed by atoms with van der Waals surface area (Å²) < 4.78 is 10.5. The highest BCUT2D eigenvalue weighted by Crippen LogP contribution is 2.18. The van der Waals surface area contributed by atoms with Crippen LogP contribution in [0.3, 0.4) is 0 Å². The lowest BCUT2D eigenvalue weighted by Gasteiger charge is -2.42. The van der Waals surface area contributed by atoms with Gasteiger partial charge in [-0.2, -0.15) is 0 Å². The van der Waals surface area contributed by atoms with Crippen molar-refractivity contribution in [1.29, 1.82) is 0 Å². The lowest BCUT2D eigenvalue weighted by Crippen LogP contribution is -2.55. The third-order valence-electron chi connectivity index (χ3n) is 3.94. The first-order chi connectivity index (χ1) is 10.8. The van der Waals surface area contributed by atoms with E-state index in [1.54, 1.807) is 0 Å². The smallest absolute Gasteiger partial charge is 0.407 e. The van der Waals surface area contributed by atoms with Crippen molar-refractivity contribution in [3.05, 3.63) is 0 Å². The molecule has 0 aromatic rings. The van der Waals surface area contributed by atoms with E-state index in [2.05, 4.69) is 10.2 Å². The molecule has 0 bridgehead atoms. The second-order valence-electron chi connectivity index (χ2n) is 7.26. The summed E-state index contributed by atoms with van der Waals surface area (Å²) >= 11 is 0. The molecule has 2 aliphatic rings. The van der Waals surface area contributed by atoms with E-state index in [0.29, 0.717) is 18.9 Å². The number of rotatable bonds is 5. The molecule has 0 unspecified atom stereocenters. The van der Waals surface area contributed by atoms with Crippen LogP contribution in [0.15, 0.2) is 0 Å². The molecule has 0 aromatic carbocycles. The lowest BCUT2D eigenvalue weighted by atomic mass is 9.98. The standard InChI is InChI=1S/C16H29N3O4/c1-16(2,3)23-15(21)17-5-4-14(20)19-11-13(12-19)10-18-6-8-22-9-7-18/h13H,4-12H2,1-3H3,(H,17,21). The minimum atomic E-state index is -0.516. The van der Waals surface area contributed by atoms with E-state index in [4.69, 9.17) is 9.47 Å². The van der Waals surface area contributed by atoms with Crippen molar-refractivity contribution in [3.8, 4) is 0 Å². The molecule has 0 saturated carbocycles. The maximum absolute atomic E-state index is 12.0. The largest absolute Gasteiger partial charge is 0.444 e. The number of carbonyl (C=O) groups is 2. The number of hydrogen-bond acceptors (Lipinski definition) is 5. The van der Waals surface area contributed by atoms with Gasteiger partial charge in [0.1, 0.15) is 5.60 Å². The maximum Gasteiger partial charge on any atom is 0.407 e. The van der Waals surface area contributed by atoms with Gasteiger partial charge in [-0.05, 0) is 20.8 Å². The Bertz CT molecular complexity index is 410. The van der Waals surface area contributed by atoms with Crippen molar-refractivity contribution in [2.75, 3.05) is 52.5 Å². The third kappa shape index (κ3) is 6.35. The number of alkyl carbamates (subject to hydrolysis) is 1. The Hall–Kier alpha value is -1.34. The van der Waals surface area contributed by atoms with E-state index in [1.165, 1.54) is 0 Å². The minimum Gasteiger partial charge on any atom is -0.444 e. The van der Waals surface area contributed by atoms with Crippen LogP contribution in [0.1, 0.15) is 27.2 Å². The van der Waals surface area contributed by atoms with Gasteiger partial charge in [0.05, 0.1) is 13.2 Å². The average Bonchev–Trinajstić information content (AvgIpc) is 2.41. The Balaban J connectivity index is 1.55. The molecule has 2 rings (SSSR count). The first-order valence-electron chi connectivity index (χ1n) is 8.38. The Labute approximate surface area is 138 Å². The third-order valence-corrected chi connectivity index (χ3v) is 3.94. The van der Waals surface area contributed by atoms with Gasteiger partial charge in [0.25, 0.3) is 0 Å². The van der Waals surface area contributed by atoms with Crippen molar-refractivity contribution < 1.29 is 19.1 Å². The molecular formula is C16H29N3O4. The number of carbonyl (C=O) groups excluding carboxylic acids is 2. The highest BCUT2D eigenvalue weighted by molar-refractivity contribution is 5.78. The Morgan fingerprint density at radius 2 is 1.87 bits per heavy atom. The fourth-order valence-electron chi connectivity index (χ4n) is 2.78. The second-order valence-corrected chi connectivity index (χ2v) is 7.26. The van der Waals surface area contributed by atoms with Crippen molar-refractivity contribution in [2.45, 2.75) is 32.8 Å². The summed E-state index contributed by atoms with van der Waals surface area (Å²) in [5, 5.41) is 2.62. The molecule has 23 heavy (non-hydrogen) atoms. The fourth-order valence-corrected chi connectivity index (χ4v) is 2.78. The number of nitrogens with one attached hydrogen (secondary N) is 1. The summed E-state index contributed by atoms with van der Waals surface area (Å²) in [4.78, 5) is 27.8. The molecule has 0 atom stereocenters. The van der Waals surface area contributed by atoms with E-state index in [-0.39, 0.29) is 5.91 Å². The molecule has 1 N–H and O–H groups in total. The average molecular weight is 327 g/mol. The van der Waals surface area contributed by atoms with Gasteiger partial charge in [0.15, 0.2) is 0 Å². The van der Waals surface area contributed by atoms with Crippen LogP contribution in [0.2, 0.25) is 0 Å². The van der Waals surface area contributed by atoms with Gasteiger partial charge in [-0.15, -0.1) is 0 Å². The van der Waals surface area contributed by atoms with E-state index < -0.39 is 11.7 Å². The first-order valence-corrected chi connectivity index (χ1v) is 8.38. The van der Waals surface area contributed by atoms with Crippen LogP contribution in [-0.4, -0.2) is 79.9 Å². The predicted molar refractivity (Wildman–Crippen MR) is 86.2 cm³/mol. The number of hydrogen-bond donors (Lipinski definition) is 1. The normalized spacial score (nSPS) is 20.0. The van der Waals surface area contributed by atoms with Crippen LogP contribution >= 0.6 is 0 Å². The van der Waals surface area contributed by atoms with Gasteiger partial charge >= 0.3 is 6.09 Å². The molecule has 2 saturated heterocycles. The van der Waals surface area contributed by atoms with Crippen molar-refractivity contribution in [1.82, 2.24) is 15.1 Å². The van der Waals surface area contributed by atoms with Gasteiger partial charge in [-0.3, -0.25) is 9.69 Å². The minimum absolute atomic E-state index is 0.0966. The Morgan fingerprint density at radius 3 is 2.48 bits per heavy atom. The van der Waals surface area contributed by atoms with E-state index >= 15 is 0 Å². The van der Waals surface area contributed by atoms with E-state index in [1.807, 2.05) is 25.7 Å². The van der Waals surface area contributed by atoms with Crippen molar-refractivity contribution >= 4 is 12.0 Å². The summed E-state index contributed by atoms with van der Waals surface area (Å²) in [5.74, 6) is 0.662. The molecule has 2 aliphatic heterocycles. The van der Waals surface area contributed by atoms with Crippen LogP contribution < -0.4 is 5.32 Å². The SMILES string of the molecule is CC(C)(C)OC(=O)NCCC(=O)N1CC(CN2CCOCC2)C1. The molecule has 0 aromatic heterocycles. The van der Waals surface area contributed by atoms with Crippen LogP contribution in [0.25, 0.3) is 0 Å². The summed E-state index contributed by atoms with van der Waals surface area (Å²) in [7, 11) is 0. The molecule has 7 nitrogen and oxygen atoms in total. The van der Waals surface area contributed by atoms with Gasteiger partial charge in [0.2, 0.25) is 5.91 Å². The van der Waals surface area contributed by atoms with E-state index in [0.717, 1.165) is 45.9 Å². The zero-order valence-corrected chi connectivity index (χ0v) is 14.5. The summed E-state index contributed by atoms with van der Waals surface area (Å²) in [6.07, 6.45) is -0.150. The number of nitrogens with zero attached hydrogens (tertiary/aromatic N) is 2. The van der Waals surface area contributed by atoms with Gasteiger partial charge in [-0.25, -0.2) is 4.79 Å². The number of likely N-dealkylation sites (tertiary alicyclic amines) is 1. The number of morpholine rings is 1. The molecular weight excluding hydrogens is 298 g/mol. The molecule has 2 heterocycles. The van der Waals surface area contributed by atoms with Crippen LogP contribution in [0.4, 0.5) is 4.79 Å². The molecule has 0 spiro atoms. The molecule has 2 amide bonds. The second kappa shape index (κ2) is 7.97. The summed E-state index contributed by atoms with van der Waals surface area (Å²) in [6, 6.07) is 0. The molecule has 2 fully saturated rings. The molecule has 7 heteroatoms. The molecule has 0 aliphatic carbocycles. The van der Waals surface area contributed by atoms with Crippen LogP contribution in [0, 0.1) is 5.92 Å². The summed E-state index contributed by atoms with van der Waals surface area (Å²) in [6.45, 7) is 12.0. The van der Waals surface area contributed by atoms with Gasteiger partial charge < -0.3 is 19.7 Å². The van der Waals surface area contributed by atoms with E-state index in [9.17, 15) is 9.59 Å². The highest BCUT2D eigenvalue weighted by Gasteiger charge is 2.31. The van der Waals surface area contributed by atoms with Crippen molar-refractivity contribution in [2.24, 2.45) is 5.92 Å². The van der Waals surface area contributed by atoms with Crippen LogP contribution in [-0.2, 0) is 14.3 Å². The fraction of sp³-hybridized carbons (Fsp3) is 0.875. The number of ether oxygens (including phenoxy) is 2. The van der Waals surface area contributed by atoms with Gasteiger partial charge in [-0.1, -0.05) is 0 Å². The zero-order valence-electron chi connectivity index (χ0n) is 14.5. The van der Waals surface area contributed by atoms with Gasteiger partial charge in [0, 0.05) is 51.6 Å². The highest BCUT2D eigenvalue weighted by atomic mass is 16.6. The summed E-state index contributed by atoms with van der Waals surface area (Å²) in [5.41, 5.74) is -0.516. The number of amides is 2. The molecule has 132 valence electrons. The molecule has 0 radical (unpaired) electrons. The monoisotopic (exact) mass is 327 g/mol. The van der Waals surface area contributed by atoms with Crippen molar-refractivity contribution in [3.63, 3.8) is 0 Å². The zero-order chi connectivity index (χ0) is 16.9. The Morgan fingerprint density at radius 1 is 1.22 bits per heavy atom. The van der Waals surface area contributed by atoms with Crippen LogP contribution in [0.5, 0.6) is 0 Å². The topological polar surface area (TPSA) is 71.1 Å². The quantitative estimate of drug-likeness (QED) is 0.804. The lowest BCUT2D eigenvalue weighted by molar-refractivity contribution is -0.138. The maximum atomic E-state index is 12.0. The first kappa shape index (κ1) is 18.0. The predicted octanol–water partition coefficient (Wildman–Crippen LogP) is 0.692. The Kier molecular flexibility index (Phi) is 6.24.